The molecule has 0 bridgehead atoms. The van der Waals surface area contributed by atoms with Crippen molar-refractivity contribution in [3.8, 4) is 0 Å². The zero-order chi connectivity index (χ0) is 9.23. The zero-order valence-electron chi connectivity index (χ0n) is 7.83. The van der Waals surface area contributed by atoms with Crippen LogP contribution in [-0.4, -0.2) is 46.2 Å². The van der Waals surface area contributed by atoms with E-state index >= 15 is 0 Å². The quantitative estimate of drug-likeness (QED) is 0.193. The molecular formula is C7H19N5. The summed E-state index contributed by atoms with van der Waals surface area (Å²) < 4.78 is 0. The predicted molar refractivity (Wildman–Crippen MR) is 51.6 cm³/mol. The highest BCUT2D eigenvalue weighted by Gasteiger charge is 1.91. The van der Waals surface area contributed by atoms with E-state index in [1.807, 2.05) is 14.1 Å². The molecule has 0 atom stereocenters. The second-order valence-corrected chi connectivity index (χ2v) is 2.44. The van der Waals surface area contributed by atoms with Crippen LogP contribution in [0.2, 0.25) is 0 Å². The van der Waals surface area contributed by atoms with E-state index in [1.54, 1.807) is 0 Å². The van der Waals surface area contributed by atoms with Gasteiger partial charge in [0, 0.05) is 26.2 Å². The van der Waals surface area contributed by atoms with Crippen LogP contribution in [0, 0.1) is 5.41 Å². The van der Waals surface area contributed by atoms with Gasteiger partial charge in [0.05, 0.1) is 0 Å². The summed E-state index contributed by atoms with van der Waals surface area (Å²) in [5.74, 6) is 0.389. The highest BCUT2D eigenvalue weighted by molar-refractivity contribution is 5.76. The molecule has 0 rings (SSSR count). The Bertz CT molecular complexity index is 102. The molecule has 5 N–H and O–H groups in total. The number of nitrogens with one attached hydrogen (secondary N) is 5. The van der Waals surface area contributed by atoms with Crippen molar-refractivity contribution >= 4 is 5.96 Å². The fourth-order valence-corrected chi connectivity index (χ4v) is 0.687. The van der Waals surface area contributed by atoms with Crippen molar-refractivity contribution in [2.45, 2.75) is 0 Å². The number of hydrogen-bond donors (Lipinski definition) is 5. The van der Waals surface area contributed by atoms with Crippen LogP contribution in [0.25, 0.3) is 0 Å². The minimum absolute atomic E-state index is 0.389. The predicted octanol–water partition coefficient (Wildman–Crippen LogP) is -1.46. The summed E-state index contributed by atoms with van der Waals surface area (Å²) in [7, 11) is 3.78. The van der Waals surface area contributed by atoms with E-state index in [4.69, 9.17) is 5.41 Å². The Hall–Kier alpha value is -0.810. The van der Waals surface area contributed by atoms with Gasteiger partial charge < -0.3 is 21.3 Å². The lowest BCUT2D eigenvalue weighted by Gasteiger charge is -2.09. The molecule has 0 fully saturated rings. The second kappa shape index (κ2) is 8.29. The van der Waals surface area contributed by atoms with Gasteiger partial charge in [0.1, 0.15) is 0 Å². The molecular weight excluding hydrogens is 154 g/mol. The zero-order valence-corrected chi connectivity index (χ0v) is 7.83. The highest BCUT2D eigenvalue weighted by atomic mass is 15.1. The number of hydrogen-bond acceptors (Lipinski definition) is 3. The normalized spacial score (nSPS) is 9.50. The fourth-order valence-electron chi connectivity index (χ4n) is 0.687. The maximum absolute atomic E-state index is 7.37. The Labute approximate surface area is 73.8 Å². The molecule has 0 aromatic rings. The first-order valence-electron chi connectivity index (χ1n) is 4.16. The van der Waals surface area contributed by atoms with Crippen molar-refractivity contribution in [3.05, 3.63) is 0 Å². The van der Waals surface area contributed by atoms with E-state index < -0.39 is 0 Å². The Balaban J connectivity index is 3.10. The first-order chi connectivity index (χ1) is 5.81. The van der Waals surface area contributed by atoms with E-state index in [-0.39, 0.29) is 0 Å². The first-order valence-corrected chi connectivity index (χ1v) is 4.16. The van der Waals surface area contributed by atoms with Gasteiger partial charge in [0.2, 0.25) is 0 Å². The van der Waals surface area contributed by atoms with E-state index in [2.05, 4.69) is 21.3 Å². The number of likely N-dealkylation sites (N-methyl/N-ethyl adjacent to an activating group) is 2. The van der Waals surface area contributed by atoms with Crippen molar-refractivity contribution in [2.75, 3.05) is 40.3 Å². The molecule has 0 saturated carbocycles. The summed E-state index contributed by atoms with van der Waals surface area (Å²) in [6, 6.07) is 0. The molecule has 0 aliphatic carbocycles. The van der Waals surface area contributed by atoms with Gasteiger partial charge in [-0.1, -0.05) is 0 Å². The third kappa shape index (κ3) is 7.30. The Kier molecular flexibility index (Phi) is 7.73. The van der Waals surface area contributed by atoms with Crippen LogP contribution in [0.4, 0.5) is 0 Å². The number of guanidine groups is 1. The lowest BCUT2D eigenvalue weighted by atomic mass is 10.6. The monoisotopic (exact) mass is 173 g/mol. The average Bonchev–Trinajstić information content (AvgIpc) is 2.06. The minimum Gasteiger partial charge on any atom is -0.355 e. The van der Waals surface area contributed by atoms with Crippen LogP contribution >= 0.6 is 0 Å². The smallest absolute Gasteiger partial charge is 0.188 e. The molecule has 0 saturated heterocycles. The summed E-state index contributed by atoms with van der Waals surface area (Å²) in [4.78, 5) is 0. The van der Waals surface area contributed by atoms with Gasteiger partial charge in [0.25, 0.3) is 0 Å². The van der Waals surface area contributed by atoms with Crippen LogP contribution in [0.1, 0.15) is 0 Å². The van der Waals surface area contributed by atoms with E-state index in [1.165, 1.54) is 0 Å². The summed E-state index contributed by atoms with van der Waals surface area (Å²) in [6.07, 6.45) is 0. The van der Waals surface area contributed by atoms with Crippen LogP contribution in [0.15, 0.2) is 0 Å². The Morgan fingerprint density at radius 3 is 1.67 bits per heavy atom. The Morgan fingerprint density at radius 2 is 1.33 bits per heavy atom. The summed E-state index contributed by atoms with van der Waals surface area (Å²) in [5.41, 5.74) is 0. The van der Waals surface area contributed by atoms with Crippen LogP contribution in [0.3, 0.4) is 0 Å². The standard InChI is InChI=1S/C7H19N5/c1-9-3-5-11-7(8)12-6-4-10-2/h9-10H,3-6H2,1-2H3,(H3,8,11,12). The van der Waals surface area contributed by atoms with Crippen molar-refractivity contribution < 1.29 is 0 Å². The van der Waals surface area contributed by atoms with Crippen molar-refractivity contribution in [1.29, 1.82) is 5.41 Å². The maximum atomic E-state index is 7.37. The summed E-state index contributed by atoms with van der Waals surface area (Å²) in [6.45, 7) is 3.30. The van der Waals surface area contributed by atoms with Gasteiger partial charge in [-0.25, -0.2) is 0 Å². The largest absolute Gasteiger partial charge is 0.355 e. The molecule has 0 aromatic heterocycles. The van der Waals surface area contributed by atoms with Gasteiger partial charge >= 0.3 is 0 Å². The van der Waals surface area contributed by atoms with Gasteiger partial charge in [-0.2, -0.15) is 0 Å². The van der Waals surface area contributed by atoms with Gasteiger partial charge in [-0.3, -0.25) is 5.41 Å². The van der Waals surface area contributed by atoms with Crippen molar-refractivity contribution in [3.63, 3.8) is 0 Å². The molecule has 0 radical (unpaired) electrons. The summed E-state index contributed by atoms with van der Waals surface area (Å²) in [5, 5.41) is 19.2. The van der Waals surface area contributed by atoms with Crippen LogP contribution in [0.5, 0.6) is 0 Å². The van der Waals surface area contributed by atoms with Gasteiger partial charge in [-0.05, 0) is 14.1 Å². The Morgan fingerprint density at radius 1 is 0.917 bits per heavy atom. The van der Waals surface area contributed by atoms with E-state index in [0.29, 0.717) is 5.96 Å². The molecule has 0 amide bonds. The molecule has 0 aliphatic heterocycles. The molecule has 0 aromatic carbocycles. The first kappa shape index (κ1) is 11.2. The lowest BCUT2D eigenvalue weighted by Crippen LogP contribution is -2.41. The molecule has 0 unspecified atom stereocenters. The molecule has 0 heterocycles. The summed E-state index contributed by atoms with van der Waals surface area (Å²) >= 11 is 0. The van der Waals surface area contributed by atoms with E-state index in [0.717, 1.165) is 26.2 Å². The van der Waals surface area contributed by atoms with Crippen LogP contribution in [-0.2, 0) is 0 Å². The van der Waals surface area contributed by atoms with E-state index in [9.17, 15) is 0 Å². The van der Waals surface area contributed by atoms with Gasteiger partial charge in [0.15, 0.2) is 5.96 Å². The lowest BCUT2D eigenvalue weighted by molar-refractivity contribution is 0.710. The van der Waals surface area contributed by atoms with Gasteiger partial charge in [-0.15, -0.1) is 0 Å². The molecule has 72 valence electrons. The molecule has 5 nitrogen and oxygen atoms in total. The van der Waals surface area contributed by atoms with Crippen LogP contribution < -0.4 is 21.3 Å². The fraction of sp³-hybridized carbons (Fsp3) is 0.857. The highest BCUT2D eigenvalue weighted by Crippen LogP contribution is 1.60. The SMILES string of the molecule is CNCCNC(=N)NCCNC. The maximum Gasteiger partial charge on any atom is 0.188 e. The topological polar surface area (TPSA) is 72.0 Å². The molecule has 12 heavy (non-hydrogen) atoms. The average molecular weight is 173 g/mol. The third-order valence-corrected chi connectivity index (χ3v) is 1.35. The third-order valence-electron chi connectivity index (χ3n) is 1.35. The van der Waals surface area contributed by atoms with Crippen molar-refractivity contribution in [1.82, 2.24) is 21.3 Å². The second-order valence-electron chi connectivity index (χ2n) is 2.44. The van der Waals surface area contributed by atoms with Crippen molar-refractivity contribution in [2.24, 2.45) is 0 Å². The molecule has 5 heteroatoms. The minimum atomic E-state index is 0.389. The molecule has 0 aliphatic rings. The molecule has 0 spiro atoms. The number of rotatable bonds is 6.